The highest BCUT2D eigenvalue weighted by Gasteiger charge is 2.21. The van der Waals surface area contributed by atoms with E-state index in [-0.39, 0.29) is 118 Å². The SMILES string of the molecule is Nc1nc2c(ncn2CC(=O)NCCCCCCc2c3nc(c(CCCCCCNC(=O)Cn4cnc5c(=O)[nH]c(N)nc54)c4ccc([nH]4)c(CCCCCCNC(=O)Cn4cnc5c(=O)[nH]c(N)nc54)c4nc(c(CCCCCCNC(=O)Cn5cnc6c(=O)[nH]c(N)nc65)c5ccc2[nH]5)C=C4)C=C3)c(=O)[nH]1. The molecule has 0 saturated carbocycles. The third-order valence-corrected chi connectivity index (χ3v) is 19.1. The fourth-order valence-electron chi connectivity index (χ4n) is 13.7. The van der Waals surface area contributed by atoms with Crippen LogP contribution in [-0.2, 0) is 71.0 Å². The molecule has 0 fully saturated rings. The molecule has 18 N–H and O–H groups in total. The number of hydrogen-bond acceptors (Lipinski definition) is 22. The Morgan fingerprint density at radius 1 is 0.306 bits per heavy atom. The van der Waals surface area contributed by atoms with Crippen LogP contribution in [0.4, 0.5) is 23.8 Å². The van der Waals surface area contributed by atoms with E-state index in [4.69, 9.17) is 32.9 Å². The van der Waals surface area contributed by atoms with Crippen molar-refractivity contribution in [3.8, 4) is 0 Å². The molecular weight excluding hydrogens is 1380 g/mol. The number of anilines is 4. The maximum atomic E-state index is 13.1. The smallest absolute Gasteiger partial charge is 0.280 e. The molecular formula is C72H86N28O8. The number of carbonyl (C=O) groups is 4. The first-order valence-electron chi connectivity index (χ1n) is 36.5. The van der Waals surface area contributed by atoms with E-state index in [0.717, 1.165) is 170 Å². The van der Waals surface area contributed by atoms with Gasteiger partial charge in [-0.25, -0.2) is 29.9 Å². The fraction of sp³-hybridized carbons (Fsp3) is 0.389. The van der Waals surface area contributed by atoms with Gasteiger partial charge >= 0.3 is 0 Å². The number of aromatic amines is 6. The van der Waals surface area contributed by atoms with Gasteiger partial charge in [-0.15, -0.1) is 0 Å². The Morgan fingerprint density at radius 2 is 0.528 bits per heavy atom. The van der Waals surface area contributed by atoms with E-state index in [9.17, 15) is 38.4 Å². The van der Waals surface area contributed by atoms with Crippen LogP contribution >= 0.6 is 0 Å². The lowest BCUT2D eigenvalue weighted by molar-refractivity contribution is -0.122. The highest BCUT2D eigenvalue weighted by molar-refractivity contribution is 5.85. The molecule has 0 spiro atoms. The average molecular weight is 1470 g/mol. The van der Waals surface area contributed by atoms with Crippen molar-refractivity contribution in [3.63, 3.8) is 0 Å². The summed E-state index contributed by atoms with van der Waals surface area (Å²) >= 11 is 0. The van der Waals surface area contributed by atoms with Crippen LogP contribution in [0.1, 0.15) is 148 Å². The van der Waals surface area contributed by atoms with Gasteiger partial charge in [0.1, 0.15) is 26.2 Å². The molecule has 562 valence electrons. The number of nitrogens with one attached hydrogen (secondary N) is 10. The number of H-pyrrole nitrogens is 6. The van der Waals surface area contributed by atoms with Crippen molar-refractivity contribution in [2.45, 2.75) is 155 Å². The highest BCUT2D eigenvalue weighted by Crippen LogP contribution is 2.31. The first-order valence-corrected chi connectivity index (χ1v) is 36.5. The maximum absolute atomic E-state index is 13.1. The molecule has 13 rings (SSSR count). The van der Waals surface area contributed by atoms with E-state index in [0.29, 0.717) is 51.9 Å². The predicted octanol–water partition coefficient (Wildman–Crippen LogP) is 4.39. The van der Waals surface area contributed by atoms with Crippen molar-refractivity contribution in [3.05, 3.63) is 136 Å². The summed E-state index contributed by atoms with van der Waals surface area (Å²) in [6.07, 6.45) is 30.1. The first-order chi connectivity index (χ1) is 52.5. The average Bonchev–Trinajstić information content (AvgIpc) is 1.64. The molecule has 0 radical (unpaired) electrons. The van der Waals surface area contributed by atoms with Crippen molar-refractivity contribution in [2.75, 3.05) is 49.1 Å². The van der Waals surface area contributed by atoms with Crippen LogP contribution in [-0.4, -0.2) is 148 Å². The van der Waals surface area contributed by atoms with E-state index in [2.05, 4.69) is 140 Å². The minimum absolute atomic E-state index is 0.0614. The van der Waals surface area contributed by atoms with Crippen LogP contribution in [0, 0.1) is 0 Å². The second-order valence-corrected chi connectivity index (χ2v) is 27.0. The molecule has 36 heteroatoms. The molecule has 2 aliphatic rings. The quantitative estimate of drug-likeness (QED) is 0.0242. The number of aromatic nitrogens is 20. The lowest BCUT2D eigenvalue weighted by Crippen LogP contribution is -2.28. The number of aryl methyl sites for hydroxylation is 4. The van der Waals surface area contributed by atoms with Crippen molar-refractivity contribution < 1.29 is 19.2 Å². The number of nitrogen functional groups attached to an aromatic ring is 4. The largest absolute Gasteiger partial charge is 0.369 e. The molecule has 108 heavy (non-hydrogen) atoms. The number of nitrogens with two attached hydrogens (primary N) is 4. The number of fused-ring (bicyclic) bond motifs is 12. The van der Waals surface area contributed by atoms with Gasteiger partial charge in [0.2, 0.25) is 47.4 Å². The molecule has 8 bridgehead atoms. The molecule has 13 heterocycles. The summed E-state index contributed by atoms with van der Waals surface area (Å²) in [6, 6.07) is 8.55. The van der Waals surface area contributed by atoms with Gasteiger partial charge in [-0.1, -0.05) is 51.4 Å². The lowest BCUT2D eigenvalue weighted by atomic mass is 10.0. The molecule has 4 amide bonds. The molecule has 11 aromatic rings. The van der Waals surface area contributed by atoms with Gasteiger partial charge in [0.05, 0.1) is 48.1 Å². The molecule has 36 nitrogen and oxygen atoms in total. The molecule has 0 atom stereocenters. The number of rotatable bonds is 36. The fourth-order valence-corrected chi connectivity index (χ4v) is 13.7. The standard InChI is InChI=1S/C72H86N28O8/c73-69-89-61-57(65(105)93-69)81-37-97(61)33-53(101)77-29-13-5-1-9-17-41-45-21-23-47(85-45)42(18-10-2-6-14-30-78-54(102)34-98-38-82-58-62(98)90-70(74)94-66(58)106)49-25-27-51(87-49)44(20-12-4-8-16-32-80-56(104)36-100-40-84-60-64(100)92-72(76)96-68(60)108)52-28-26-50(88-52)43(48-24-22-46(41)86-48)19-11-3-7-15-31-79-55(103)35-99-39-83-59-63(99)91-71(75)95-67(59)107/h21-28,37-40,85,88H,1-20,29-36H2,(H,77,101)(H,78,102)(H,79,103)(H,80,104)(H3,73,89,93,105)(H3,74,90,94,106)(H3,75,91,95,107)(H3,76,92,96,108). The van der Waals surface area contributed by atoms with Crippen LogP contribution < -0.4 is 66.4 Å². The summed E-state index contributed by atoms with van der Waals surface area (Å²) in [6.45, 7) is 1.56. The monoisotopic (exact) mass is 1470 g/mol. The Kier molecular flexibility index (Phi) is 23.0. The van der Waals surface area contributed by atoms with Gasteiger partial charge in [-0.3, -0.25) is 58.3 Å². The van der Waals surface area contributed by atoms with Gasteiger partial charge in [-0.05, 0) is 126 Å². The van der Waals surface area contributed by atoms with Gasteiger partial charge < -0.3 is 72.4 Å². The molecule has 0 saturated heterocycles. The molecule has 2 aliphatic heterocycles. The van der Waals surface area contributed by atoms with E-state index >= 15 is 0 Å². The molecule has 11 aromatic heterocycles. The highest BCUT2D eigenvalue weighted by atomic mass is 16.2. The topological polar surface area (TPSA) is 532 Å². The van der Waals surface area contributed by atoms with Crippen LogP contribution in [0.15, 0.2) is 68.8 Å². The maximum Gasteiger partial charge on any atom is 0.280 e. The second-order valence-electron chi connectivity index (χ2n) is 27.0. The first kappa shape index (κ1) is 73.4. The van der Waals surface area contributed by atoms with E-state index in [1.165, 1.54) is 43.6 Å². The van der Waals surface area contributed by atoms with Gasteiger partial charge in [-0.2, -0.15) is 19.9 Å². The van der Waals surface area contributed by atoms with Crippen molar-refractivity contribution >= 4 is 138 Å². The summed E-state index contributed by atoms with van der Waals surface area (Å²) in [5.74, 6) is -1.21. The zero-order valence-electron chi connectivity index (χ0n) is 59.6. The van der Waals surface area contributed by atoms with Crippen LogP contribution in [0.2, 0.25) is 0 Å². The van der Waals surface area contributed by atoms with Gasteiger partial charge in [0.15, 0.2) is 44.7 Å². The molecule has 0 aromatic carbocycles. The molecule has 0 unspecified atom stereocenters. The Morgan fingerprint density at radius 3 is 0.759 bits per heavy atom. The zero-order valence-corrected chi connectivity index (χ0v) is 59.6. The Balaban J connectivity index is 0.726. The zero-order chi connectivity index (χ0) is 75.2. The minimum Gasteiger partial charge on any atom is -0.369 e. The summed E-state index contributed by atoms with van der Waals surface area (Å²) in [5.41, 5.74) is 34.0. The number of hydrogen-bond donors (Lipinski definition) is 14. The minimum atomic E-state index is -0.476. The lowest BCUT2D eigenvalue weighted by Gasteiger charge is -2.08. The number of unbranched alkanes of at least 4 members (excludes halogenated alkanes) is 12. The van der Waals surface area contributed by atoms with E-state index < -0.39 is 22.2 Å². The van der Waals surface area contributed by atoms with E-state index in [1.807, 2.05) is 0 Å². The number of carbonyl (C=O) groups excluding carboxylic acids is 4. The van der Waals surface area contributed by atoms with Crippen LogP contribution in [0.25, 0.3) is 91.0 Å². The van der Waals surface area contributed by atoms with Gasteiger partial charge in [0, 0.05) is 70.5 Å². The van der Waals surface area contributed by atoms with Crippen molar-refractivity contribution in [1.82, 2.24) is 119 Å². The number of amides is 4. The summed E-state index contributed by atoms with van der Waals surface area (Å²) in [7, 11) is 0. The summed E-state index contributed by atoms with van der Waals surface area (Å²) in [5, 5.41) is 12.0. The van der Waals surface area contributed by atoms with Crippen LogP contribution in [0.3, 0.4) is 0 Å². The Labute approximate surface area is 614 Å². The predicted molar refractivity (Wildman–Crippen MR) is 410 cm³/mol. The second kappa shape index (κ2) is 33.9. The molecule has 0 aliphatic carbocycles. The normalized spacial score (nSPS) is 12.0. The van der Waals surface area contributed by atoms with Crippen LogP contribution in [0.5, 0.6) is 0 Å². The Bertz CT molecular complexity index is 5000. The Hall–Kier alpha value is -12.9. The number of imidazole rings is 4. The summed E-state index contributed by atoms with van der Waals surface area (Å²) in [4.78, 5) is 163. The van der Waals surface area contributed by atoms with E-state index in [1.54, 1.807) is 0 Å². The van der Waals surface area contributed by atoms with Crippen molar-refractivity contribution in [2.24, 2.45) is 0 Å². The number of nitrogens with zero attached hydrogens (tertiary/aromatic N) is 14. The third kappa shape index (κ3) is 17.7. The summed E-state index contributed by atoms with van der Waals surface area (Å²) < 4.78 is 6.00. The van der Waals surface area contributed by atoms with Gasteiger partial charge in [0.25, 0.3) is 22.2 Å². The third-order valence-electron chi connectivity index (χ3n) is 19.1. The van der Waals surface area contributed by atoms with Crippen molar-refractivity contribution in [1.29, 1.82) is 0 Å².